The zero-order valence-electron chi connectivity index (χ0n) is 7.47. The maximum atomic E-state index is 11.8. The van der Waals surface area contributed by atoms with E-state index in [-0.39, 0.29) is 5.78 Å². The number of hydrogen-bond acceptors (Lipinski definition) is 5. The quantitative estimate of drug-likeness (QED) is 0.697. The summed E-state index contributed by atoms with van der Waals surface area (Å²) in [6, 6.07) is 3.41. The van der Waals surface area contributed by atoms with E-state index in [0.29, 0.717) is 10.4 Å². The van der Waals surface area contributed by atoms with Crippen molar-refractivity contribution >= 4 is 17.3 Å². The number of carbonyl (C=O) groups is 1. The molecule has 0 aromatic carbocycles. The van der Waals surface area contributed by atoms with Crippen LogP contribution < -0.4 is 0 Å². The van der Waals surface area contributed by atoms with Gasteiger partial charge in [0.05, 0.1) is 23.0 Å². The Bertz CT molecular complexity index is 452. The summed E-state index contributed by atoms with van der Waals surface area (Å²) in [4.78, 5) is 12.4. The summed E-state index contributed by atoms with van der Waals surface area (Å²) in [5, 5.41) is 7.26. The standard InChI is InChI=1S/C9H7N3OS/c1-6-4-8(14-12-6)9(13)7-2-3-10-11-5-7/h2-5H,1H3. The second-order valence-corrected chi connectivity index (χ2v) is 3.60. The lowest BCUT2D eigenvalue weighted by Gasteiger charge is -1.93. The van der Waals surface area contributed by atoms with Crippen LogP contribution in [0.5, 0.6) is 0 Å². The molecule has 0 aliphatic heterocycles. The van der Waals surface area contributed by atoms with Crippen molar-refractivity contribution in [2.75, 3.05) is 0 Å². The van der Waals surface area contributed by atoms with E-state index < -0.39 is 0 Å². The van der Waals surface area contributed by atoms with Crippen LogP contribution >= 0.6 is 11.5 Å². The van der Waals surface area contributed by atoms with Gasteiger partial charge in [0.2, 0.25) is 5.78 Å². The highest BCUT2D eigenvalue weighted by molar-refractivity contribution is 7.08. The summed E-state index contributed by atoms with van der Waals surface area (Å²) in [5.74, 6) is -0.0505. The fraction of sp³-hybridized carbons (Fsp3) is 0.111. The molecule has 0 fully saturated rings. The maximum absolute atomic E-state index is 11.8. The van der Waals surface area contributed by atoms with E-state index in [1.807, 2.05) is 6.92 Å². The molecule has 2 rings (SSSR count). The molecule has 0 spiro atoms. The van der Waals surface area contributed by atoms with Crippen LogP contribution in [0.2, 0.25) is 0 Å². The first kappa shape index (κ1) is 8.96. The van der Waals surface area contributed by atoms with Crippen molar-refractivity contribution in [1.82, 2.24) is 14.6 Å². The summed E-state index contributed by atoms with van der Waals surface area (Å²) in [7, 11) is 0. The molecule has 4 nitrogen and oxygen atoms in total. The number of nitrogens with zero attached hydrogens (tertiary/aromatic N) is 3. The first-order valence-corrected chi connectivity index (χ1v) is 4.79. The highest BCUT2D eigenvalue weighted by atomic mass is 32.1. The van der Waals surface area contributed by atoms with Gasteiger partial charge >= 0.3 is 0 Å². The fourth-order valence-electron chi connectivity index (χ4n) is 1.04. The third-order valence-corrected chi connectivity index (χ3v) is 2.58. The van der Waals surface area contributed by atoms with Gasteiger partial charge in [0.25, 0.3) is 0 Å². The summed E-state index contributed by atoms with van der Waals surface area (Å²) in [5.41, 5.74) is 1.41. The minimum atomic E-state index is -0.0505. The molecule has 0 saturated heterocycles. The van der Waals surface area contributed by atoms with Crippen LogP contribution in [0, 0.1) is 6.92 Å². The van der Waals surface area contributed by atoms with Crippen molar-refractivity contribution in [3.8, 4) is 0 Å². The van der Waals surface area contributed by atoms with Crippen LogP contribution in [0.25, 0.3) is 0 Å². The Morgan fingerprint density at radius 3 is 2.86 bits per heavy atom. The van der Waals surface area contributed by atoms with Crippen molar-refractivity contribution in [1.29, 1.82) is 0 Å². The van der Waals surface area contributed by atoms with E-state index in [1.54, 1.807) is 12.1 Å². The molecular formula is C9H7N3OS. The Morgan fingerprint density at radius 1 is 1.43 bits per heavy atom. The molecule has 5 heteroatoms. The van der Waals surface area contributed by atoms with E-state index in [0.717, 1.165) is 5.69 Å². The zero-order valence-corrected chi connectivity index (χ0v) is 8.28. The van der Waals surface area contributed by atoms with E-state index in [4.69, 9.17) is 0 Å². The number of aromatic nitrogens is 3. The van der Waals surface area contributed by atoms with Gasteiger partial charge < -0.3 is 0 Å². The monoisotopic (exact) mass is 205 g/mol. The van der Waals surface area contributed by atoms with Crippen molar-refractivity contribution in [2.24, 2.45) is 0 Å². The Balaban J connectivity index is 2.34. The van der Waals surface area contributed by atoms with Gasteiger partial charge in [-0.05, 0) is 30.6 Å². The average Bonchev–Trinajstić information content (AvgIpc) is 2.65. The lowest BCUT2D eigenvalue weighted by atomic mass is 10.2. The van der Waals surface area contributed by atoms with E-state index >= 15 is 0 Å². The summed E-state index contributed by atoms with van der Waals surface area (Å²) < 4.78 is 4.05. The van der Waals surface area contributed by atoms with Crippen molar-refractivity contribution < 1.29 is 4.79 Å². The van der Waals surface area contributed by atoms with E-state index in [1.165, 1.54) is 23.9 Å². The predicted octanol–water partition coefficient (Wildman–Crippen LogP) is 1.47. The largest absolute Gasteiger partial charge is 0.288 e. The molecule has 0 N–H and O–H groups in total. The number of aryl methyl sites for hydroxylation is 1. The van der Waals surface area contributed by atoms with Crippen molar-refractivity contribution in [3.63, 3.8) is 0 Å². The molecule has 2 heterocycles. The average molecular weight is 205 g/mol. The minimum Gasteiger partial charge on any atom is -0.288 e. The normalized spacial score (nSPS) is 10.1. The number of rotatable bonds is 2. The van der Waals surface area contributed by atoms with Crippen LogP contribution in [-0.2, 0) is 0 Å². The minimum absolute atomic E-state index is 0.0505. The molecule has 70 valence electrons. The Kier molecular flexibility index (Phi) is 2.32. The van der Waals surface area contributed by atoms with Gasteiger partial charge in [-0.3, -0.25) is 4.79 Å². The van der Waals surface area contributed by atoms with Gasteiger partial charge in [0.15, 0.2) is 0 Å². The number of hydrogen-bond donors (Lipinski definition) is 0. The van der Waals surface area contributed by atoms with Crippen molar-refractivity contribution in [2.45, 2.75) is 6.92 Å². The van der Waals surface area contributed by atoms with Crippen LogP contribution in [0.15, 0.2) is 24.5 Å². The van der Waals surface area contributed by atoms with Gasteiger partial charge in [-0.15, -0.1) is 0 Å². The molecule has 0 amide bonds. The molecule has 0 radical (unpaired) electrons. The Morgan fingerprint density at radius 2 is 2.29 bits per heavy atom. The van der Waals surface area contributed by atoms with E-state index in [2.05, 4.69) is 14.6 Å². The molecule has 0 atom stereocenters. The molecule has 0 aliphatic carbocycles. The van der Waals surface area contributed by atoms with Crippen LogP contribution in [0.1, 0.15) is 20.9 Å². The first-order valence-electron chi connectivity index (χ1n) is 4.02. The molecule has 14 heavy (non-hydrogen) atoms. The Labute approximate surface area is 84.8 Å². The number of carbonyl (C=O) groups excluding carboxylic acids is 1. The number of ketones is 1. The highest BCUT2D eigenvalue weighted by Crippen LogP contribution is 2.13. The highest BCUT2D eigenvalue weighted by Gasteiger charge is 2.11. The van der Waals surface area contributed by atoms with Gasteiger partial charge in [-0.2, -0.15) is 14.6 Å². The van der Waals surface area contributed by atoms with Gasteiger partial charge in [0, 0.05) is 5.56 Å². The third-order valence-electron chi connectivity index (χ3n) is 1.70. The second-order valence-electron chi connectivity index (χ2n) is 2.79. The second kappa shape index (κ2) is 3.63. The molecular weight excluding hydrogens is 198 g/mol. The molecule has 0 aliphatic rings. The summed E-state index contributed by atoms with van der Waals surface area (Å²) in [6.07, 6.45) is 2.96. The summed E-state index contributed by atoms with van der Waals surface area (Å²) in [6.45, 7) is 1.86. The molecule has 0 unspecified atom stereocenters. The predicted molar refractivity (Wildman–Crippen MR) is 52.3 cm³/mol. The first-order chi connectivity index (χ1) is 6.77. The zero-order chi connectivity index (χ0) is 9.97. The molecule has 2 aromatic rings. The fourth-order valence-corrected chi connectivity index (χ4v) is 1.76. The van der Waals surface area contributed by atoms with E-state index in [9.17, 15) is 4.79 Å². The maximum Gasteiger partial charge on any atom is 0.206 e. The summed E-state index contributed by atoms with van der Waals surface area (Å²) >= 11 is 1.20. The van der Waals surface area contributed by atoms with Crippen LogP contribution in [0.3, 0.4) is 0 Å². The third kappa shape index (κ3) is 1.67. The van der Waals surface area contributed by atoms with Gasteiger partial charge in [0.1, 0.15) is 0 Å². The van der Waals surface area contributed by atoms with Crippen LogP contribution in [-0.4, -0.2) is 20.4 Å². The topological polar surface area (TPSA) is 55.7 Å². The smallest absolute Gasteiger partial charge is 0.206 e. The Hall–Kier alpha value is -1.62. The van der Waals surface area contributed by atoms with Gasteiger partial charge in [-0.25, -0.2) is 0 Å². The SMILES string of the molecule is Cc1cc(C(=O)c2ccnnc2)sn1. The lowest BCUT2D eigenvalue weighted by Crippen LogP contribution is -1.99. The lowest BCUT2D eigenvalue weighted by molar-refractivity contribution is 0.104. The van der Waals surface area contributed by atoms with Crippen molar-refractivity contribution in [3.05, 3.63) is 40.7 Å². The molecule has 0 saturated carbocycles. The molecule has 0 bridgehead atoms. The van der Waals surface area contributed by atoms with Crippen LogP contribution in [0.4, 0.5) is 0 Å². The van der Waals surface area contributed by atoms with Gasteiger partial charge in [-0.1, -0.05) is 0 Å². The molecule has 2 aromatic heterocycles.